The minimum absolute atomic E-state index is 0.401. The molecular formula is C18H22ClNO. The fourth-order valence-electron chi connectivity index (χ4n) is 2.35. The maximum absolute atomic E-state index is 6.27. The standard InChI is InChI=1S/C18H22ClNO/c1-12(2)14-8-7-13(3)11-18(14)21-17-6-4-5-16(19)15(17)9-10-20/h4-8,11-12H,9-10,20H2,1-3H3. The SMILES string of the molecule is Cc1ccc(C(C)C)c(Oc2cccc(Cl)c2CCN)c1. The lowest BCUT2D eigenvalue weighted by Crippen LogP contribution is -2.05. The molecule has 3 heteroatoms. The number of benzene rings is 2. The molecule has 2 nitrogen and oxygen atoms in total. The first-order valence-electron chi connectivity index (χ1n) is 7.28. The molecule has 0 saturated heterocycles. The Labute approximate surface area is 131 Å². The van der Waals surface area contributed by atoms with Crippen LogP contribution in [-0.2, 0) is 6.42 Å². The molecule has 0 unspecified atom stereocenters. The summed E-state index contributed by atoms with van der Waals surface area (Å²) in [5.41, 5.74) is 9.02. The molecule has 0 atom stereocenters. The van der Waals surface area contributed by atoms with E-state index in [2.05, 4.69) is 39.0 Å². The van der Waals surface area contributed by atoms with Crippen molar-refractivity contribution in [2.75, 3.05) is 6.54 Å². The van der Waals surface area contributed by atoms with Crippen molar-refractivity contribution < 1.29 is 4.74 Å². The largest absolute Gasteiger partial charge is 0.457 e. The first kappa shape index (κ1) is 15.9. The summed E-state index contributed by atoms with van der Waals surface area (Å²) in [6, 6.07) is 12.0. The second-order valence-electron chi connectivity index (χ2n) is 5.55. The monoisotopic (exact) mass is 303 g/mol. The van der Waals surface area contributed by atoms with Gasteiger partial charge in [-0.2, -0.15) is 0 Å². The average molecular weight is 304 g/mol. The van der Waals surface area contributed by atoms with E-state index in [-0.39, 0.29) is 0 Å². The molecule has 112 valence electrons. The topological polar surface area (TPSA) is 35.2 Å². The van der Waals surface area contributed by atoms with Crippen molar-refractivity contribution in [3.05, 3.63) is 58.1 Å². The third-order valence-electron chi connectivity index (χ3n) is 3.48. The highest BCUT2D eigenvalue weighted by Crippen LogP contribution is 2.35. The highest BCUT2D eigenvalue weighted by atomic mass is 35.5. The van der Waals surface area contributed by atoms with Crippen molar-refractivity contribution in [1.82, 2.24) is 0 Å². The predicted octanol–water partition coefficient (Wildman–Crippen LogP) is 5.07. The summed E-state index contributed by atoms with van der Waals surface area (Å²) in [6.45, 7) is 6.94. The number of hydrogen-bond donors (Lipinski definition) is 1. The predicted molar refractivity (Wildman–Crippen MR) is 89.6 cm³/mol. The van der Waals surface area contributed by atoms with Crippen LogP contribution < -0.4 is 10.5 Å². The van der Waals surface area contributed by atoms with Gasteiger partial charge >= 0.3 is 0 Å². The summed E-state index contributed by atoms with van der Waals surface area (Å²) >= 11 is 6.27. The molecule has 0 radical (unpaired) electrons. The lowest BCUT2D eigenvalue weighted by Gasteiger charge is -2.17. The van der Waals surface area contributed by atoms with Crippen molar-refractivity contribution in [2.45, 2.75) is 33.1 Å². The molecule has 0 aliphatic rings. The quantitative estimate of drug-likeness (QED) is 0.837. The Kier molecular flexibility index (Phi) is 5.27. The van der Waals surface area contributed by atoms with Crippen LogP contribution in [0.2, 0.25) is 5.02 Å². The zero-order valence-electron chi connectivity index (χ0n) is 12.8. The van der Waals surface area contributed by atoms with Gasteiger partial charge < -0.3 is 10.5 Å². The maximum atomic E-state index is 6.27. The summed E-state index contributed by atoms with van der Waals surface area (Å²) in [5, 5.41) is 0.705. The lowest BCUT2D eigenvalue weighted by atomic mass is 10.0. The normalized spacial score (nSPS) is 11.0. The molecule has 0 spiro atoms. The molecule has 0 aromatic heterocycles. The van der Waals surface area contributed by atoms with Gasteiger partial charge in [-0.15, -0.1) is 0 Å². The van der Waals surface area contributed by atoms with Gasteiger partial charge in [0.05, 0.1) is 0 Å². The Morgan fingerprint density at radius 1 is 1.14 bits per heavy atom. The second kappa shape index (κ2) is 6.97. The summed E-state index contributed by atoms with van der Waals surface area (Å²) < 4.78 is 6.18. The van der Waals surface area contributed by atoms with Crippen LogP contribution in [0.25, 0.3) is 0 Å². The summed E-state index contributed by atoms with van der Waals surface area (Å²) in [5.74, 6) is 2.09. The van der Waals surface area contributed by atoms with E-state index >= 15 is 0 Å². The van der Waals surface area contributed by atoms with Gasteiger partial charge in [-0.3, -0.25) is 0 Å². The first-order valence-corrected chi connectivity index (χ1v) is 7.66. The van der Waals surface area contributed by atoms with Crippen LogP contribution in [0.15, 0.2) is 36.4 Å². The number of aryl methyl sites for hydroxylation is 1. The van der Waals surface area contributed by atoms with Crippen LogP contribution in [0, 0.1) is 6.92 Å². The van der Waals surface area contributed by atoms with Gasteiger partial charge in [-0.1, -0.05) is 43.6 Å². The van der Waals surface area contributed by atoms with Crippen molar-refractivity contribution in [2.24, 2.45) is 5.73 Å². The summed E-state index contributed by atoms with van der Waals surface area (Å²) in [7, 11) is 0. The van der Waals surface area contributed by atoms with Crippen LogP contribution in [-0.4, -0.2) is 6.54 Å². The minimum atomic E-state index is 0.401. The zero-order valence-corrected chi connectivity index (χ0v) is 13.6. The fourth-order valence-corrected chi connectivity index (χ4v) is 2.61. The molecular weight excluding hydrogens is 282 g/mol. The molecule has 2 aromatic carbocycles. The van der Waals surface area contributed by atoms with E-state index in [1.54, 1.807) is 0 Å². The molecule has 0 amide bonds. The van der Waals surface area contributed by atoms with Gasteiger partial charge in [0.2, 0.25) is 0 Å². The van der Waals surface area contributed by atoms with Crippen molar-refractivity contribution >= 4 is 11.6 Å². The summed E-state index contributed by atoms with van der Waals surface area (Å²) in [4.78, 5) is 0. The van der Waals surface area contributed by atoms with E-state index in [4.69, 9.17) is 22.1 Å². The third kappa shape index (κ3) is 3.78. The van der Waals surface area contributed by atoms with Crippen molar-refractivity contribution in [1.29, 1.82) is 0 Å². The maximum Gasteiger partial charge on any atom is 0.132 e. The smallest absolute Gasteiger partial charge is 0.132 e. The van der Waals surface area contributed by atoms with E-state index in [9.17, 15) is 0 Å². The Bertz CT molecular complexity index is 623. The van der Waals surface area contributed by atoms with E-state index in [1.807, 2.05) is 18.2 Å². The fraction of sp³-hybridized carbons (Fsp3) is 0.333. The van der Waals surface area contributed by atoms with E-state index < -0.39 is 0 Å². The lowest BCUT2D eigenvalue weighted by molar-refractivity contribution is 0.466. The third-order valence-corrected chi connectivity index (χ3v) is 3.84. The van der Waals surface area contributed by atoms with Crippen LogP contribution in [0.1, 0.15) is 36.5 Å². The van der Waals surface area contributed by atoms with Crippen LogP contribution in [0.5, 0.6) is 11.5 Å². The second-order valence-corrected chi connectivity index (χ2v) is 5.96. The molecule has 0 aliphatic heterocycles. The zero-order chi connectivity index (χ0) is 15.4. The Morgan fingerprint density at radius 2 is 1.90 bits per heavy atom. The number of nitrogens with two attached hydrogens (primary N) is 1. The molecule has 21 heavy (non-hydrogen) atoms. The van der Waals surface area contributed by atoms with E-state index in [1.165, 1.54) is 11.1 Å². The van der Waals surface area contributed by atoms with E-state index in [0.29, 0.717) is 23.9 Å². The number of rotatable bonds is 5. The van der Waals surface area contributed by atoms with Gasteiger partial charge in [-0.05, 0) is 55.1 Å². The number of halogens is 1. The van der Waals surface area contributed by atoms with Gasteiger partial charge in [-0.25, -0.2) is 0 Å². The summed E-state index contributed by atoms with van der Waals surface area (Å²) in [6.07, 6.45) is 0.706. The van der Waals surface area contributed by atoms with Gasteiger partial charge in [0.25, 0.3) is 0 Å². The average Bonchev–Trinajstić information content (AvgIpc) is 2.42. The Balaban J connectivity index is 2.43. The van der Waals surface area contributed by atoms with Gasteiger partial charge in [0.1, 0.15) is 11.5 Å². The van der Waals surface area contributed by atoms with Crippen LogP contribution in [0.4, 0.5) is 0 Å². The number of hydrogen-bond acceptors (Lipinski definition) is 2. The molecule has 2 N–H and O–H groups in total. The molecule has 2 rings (SSSR count). The minimum Gasteiger partial charge on any atom is -0.457 e. The Morgan fingerprint density at radius 3 is 2.57 bits per heavy atom. The van der Waals surface area contributed by atoms with Crippen molar-refractivity contribution in [3.63, 3.8) is 0 Å². The molecule has 0 bridgehead atoms. The molecule has 2 aromatic rings. The van der Waals surface area contributed by atoms with Crippen LogP contribution >= 0.6 is 11.6 Å². The molecule has 0 fully saturated rings. The Hall–Kier alpha value is -1.51. The van der Waals surface area contributed by atoms with Crippen LogP contribution in [0.3, 0.4) is 0 Å². The molecule has 0 saturated carbocycles. The van der Waals surface area contributed by atoms with Gasteiger partial charge in [0.15, 0.2) is 0 Å². The van der Waals surface area contributed by atoms with Crippen molar-refractivity contribution in [3.8, 4) is 11.5 Å². The number of ether oxygens (including phenoxy) is 1. The highest BCUT2D eigenvalue weighted by Gasteiger charge is 2.13. The van der Waals surface area contributed by atoms with Gasteiger partial charge in [0, 0.05) is 10.6 Å². The highest BCUT2D eigenvalue weighted by molar-refractivity contribution is 6.31. The van der Waals surface area contributed by atoms with E-state index in [0.717, 1.165) is 17.1 Å². The molecule has 0 heterocycles. The first-order chi connectivity index (χ1) is 10.0. The molecule has 0 aliphatic carbocycles.